The van der Waals surface area contributed by atoms with Gasteiger partial charge in [-0.05, 0) is 56.3 Å². The number of carbonyl (C=O) groups is 1. The molecule has 160 valence electrons. The summed E-state index contributed by atoms with van der Waals surface area (Å²) < 4.78 is 29.4. The number of likely N-dealkylation sites (tertiary alicyclic amines) is 1. The number of rotatable bonds is 6. The molecule has 2 aliphatic heterocycles. The molecule has 4 rings (SSSR count). The zero-order chi connectivity index (χ0) is 20.4. The van der Waals surface area contributed by atoms with Crippen LogP contribution in [0.2, 0.25) is 0 Å². The number of benzene rings is 1. The van der Waals surface area contributed by atoms with Gasteiger partial charge in [-0.15, -0.1) is 0 Å². The second kappa shape index (κ2) is 8.64. The van der Waals surface area contributed by atoms with E-state index in [4.69, 9.17) is 4.74 Å². The standard InChI is InChI=1S/C22H32N2O4S/c1-28-20-10-8-17(9-11-20)21-7-4-13-23(21)15-22(25)24(18-5-2-3-6-18)19-12-14-29(26,27)16-19/h8-11,18-19,21H,2-7,12-16H2,1H3/t19-,21+/m1/s1. The van der Waals surface area contributed by atoms with Gasteiger partial charge in [0.05, 0.1) is 25.2 Å². The number of nitrogens with zero attached hydrogens (tertiary/aromatic N) is 2. The number of ether oxygens (including phenoxy) is 1. The van der Waals surface area contributed by atoms with Crippen molar-refractivity contribution < 1.29 is 17.9 Å². The first-order chi connectivity index (χ1) is 14.0. The Bertz CT molecular complexity index is 818. The normalized spacial score (nSPS) is 27.3. The Kier molecular flexibility index (Phi) is 6.16. The Morgan fingerprint density at radius 1 is 1.07 bits per heavy atom. The van der Waals surface area contributed by atoms with Gasteiger partial charge in [0, 0.05) is 18.1 Å². The molecule has 1 saturated carbocycles. The zero-order valence-electron chi connectivity index (χ0n) is 17.3. The fourth-order valence-corrected chi connectivity index (χ4v) is 7.07. The highest BCUT2D eigenvalue weighted by atomic mass is 32.2. The minimum Gasteiger partial charge on any atom is -0.497 e. The maximum absolute atomic E-state index is 13.4. The third-order valence-electron chi connectivity index (χ3n) is 6.81. The average molecular weight is 421 g/mol. The number of amides is 1. The van der Waals surface area contributed by atoms with E-state index in [-0.39, 0.29) is 35.5 Å². The topological polar surface area (TPSA) is 66.9 Å². The summed E-state index contributed by atoms with van der Waals surface area (Å²) in [7, 11) is -1.35. The summed E-state index contributed by atoms with van der Waals surface area (Å²) in [4.78, 5) is 17.7. The Morgan fingerprint density at radius 3 is 2.41 bits per heavy atom. The molecule has 0 bridgehead atoms. The number of hydrogen-bond donors (Lipinski definition) is 0. The van der Waals surface area contributed by atoms with Crippen molar-refractivity contribution in [3.05, 3.63) is 29.8 Å². The maximum Gasteiger partial charge on any atom is 0.237 e. The van der Waals surface area contributed by atoms with Crippen molar-refractivity contribution >= 4 is 15.7 Å². The van der Waals surface area contributed by atoms with Crippen LogP contribution in [0.1, 0.15) is 56.6 Å². The van der Waals surface area contributed by atoms with Crippen LogP contribution in [-0.4, -0.2) is 67.9 Å². The van der Waals surface area contributed by atoms with Gasteiger partial charge in [0.25, 0.3) is 0 Å². The molecular weight excluding hydrogens is 388 g/mol. The number of carbonyl (C=O) groups excluding carboxylic acids is 1. The van der Waals surface area contributed by atoms with Crippen molar-refractivity contribution in [1.82, 2.24) is 9.80 Å². The van der Waals surface area contributed by atoms with Gasteiger partial charge in [-0.3, -0.25) is 9.69 Å². The van der Waals surface area contributed by atoms with E-state index >= 15 is 0 Å². The molecule has 2 saturated heterocycles. The van der Waals surface area contributed by atoms with Crippen LogP contribution in [0.4, 0.5) is 0 Å². The van der Waals surface area contributed by atoms with Crippen LogP contribution in [-0.2, 0) is 14.6 Å². The van der Waals surface area contributed by atoms with Gasteiger partial charge in [0.1, 0.15) is 5.75 Å². The van der Waals surface area contributed by atoms with Crippen molar-refractivity contribution in [2.75, 3.05) is 31.7 Å². The largest absolute Gasteiger partial charge is 0.497 e. The first-order valence-electron chi connectivity index (χ1n) is 10.9. The molecule has 2 heterocycles. The van der Waals surface area contributed by atoms with Gasteiger partial charge >= 0.3 is 0 Å². The summed E-state index contributed by atoms with van der Waals surface area (Å²) in [5.41, 5.74) is 1.21. The Hall–Kier alpha value is -1.60. The first-order valence-corrected chi connectivity index (χ1v) is 12.7. The molecule has 0 N–H and O–H groups in total. The predicted octanol–water partition coefficient (Wildman–Crippen LogP) is 2.79. The fourth-order valence-electron chi connectivity index (χ4n) is 5.36. The van der Waals surface area contributed by atoms with E-state index < -0.39 is 9.84 Å². The highest BCUT2D eigenvalue weighted by Crippen LogP contribution is 2.34. The lowest BCUT2D eigenvalue weighted by molar-refractivity contribution is -0.137. The molecule has 0 radical (unpaired) electrons. The van der Waals surface area contributed by atoms with E-state index in [1.807, 2.05) is 17.0 Å². The lowest BCUT2D eigenvalue weighted by Crippen LogP contribution is -2.50. The summed E-state index contributed by atoms with van der Waals surface area (Å²) in [6.45, 7) is 1.29. The molecule has 0 spiro atoms. The Balaban J connectivity index is 1.48. The summed E-state index contributed by atoms with van der Waals surface area (Å²) in [6, 6.07) is 8.43. The maximum atomic E-state index is 13.4. The molecule has 0 unspecified atom stereocenters. The smallest absolute Gasteiger partial charge is 0.237 e. The molecule has 1 aliphatic carbocycles. The molecule has 2 atom stereocenters. The van der Waals surface area contributed by atoms with Crippen LogP contribution < -0.4 is 4.74 Å². The number of hydrogen-bond acceptors (Lipinski definition) is 5. The van der Waals surface area contributed by atoms with E-state index in [9.17, 15) is 13.2 Å². The molecule has 6 nitrogen and oxygen atoms in total. The molecule has 1 amide bonds. The third-order valence-corrected chi connectivity index (χ3v) is 8.56. The van der Waals surface area contributed by atoms with Gasteiger partial charge in [0.15, 0.2) is 9.84 Å². The third kappa shape index (κ3) is 4.61. The van der Waals surface area contributed by atoms with Gasteiger partial charge in [0.2, 0.25) is 5.91 Å². The van der Waals surface area contributed by atoms with E-state index in [2.05, 4.69) is 17.0 Å². The molecule has 0 aromatic heterocycles. The molecule has 1 aromatic rings. The Morgan fingerprint density at radius 2 is 1.79 bits per heavy atom. The second-order valence-electron chi connectivity index (χ2n) is 8.70. The summed E-state index contributed by atoms with van der Waals surface area (Å²) in [5.74, 6) is 1.30. The minimum absolute atomic E-state index is 0.111. The van der Waals surface area contributed by atoms with Crippen LogP contribution in [0, 0.1) is 0 Å². The average Bonchev–Trinajstić information content (AvgIpc) is 3.44. The van der Waals surface area contributed by atoms with Gasteiger partial charge < -0.3 is 9.64 Å². The second-order valence-corrected chi connectivity index (χ2v) is 10.9. The highest BCUT2D eigenvalue weighted by Gasteiger charge is 2.40. The van der Waals surface area contributed by atoms with E-state index in [1.165, 1.54) is 5.56 Å². The monoisotopic (exact) mass is 420 g/mol. The molecule has 29 heavy (non-hydrogen) atoms. The van der Waals surface area contributed by atoms with E-state index in [0.29, 0.717) is 13.0 Å². The minimum atomic E-state index is -3.01. The molecule has 7 heteroatoms. The molecule has 1 aromatic carbocycles. The lowest BCUT2D eigenvalue weighted by atomic mass is 10.0. The number of sulfone groups is 1. The molecule has 3 aliphatic rings. The molecular formula is C22H32N2O4S. The summed E-state index contributed by atoms with van der Waals surface area (Å²) in [5, 5.41) is 0. The van der Waals surface area contributed by atoms with Gasteiger partial charge in [-0.2, -0.15) is 0 Å². The molecule has 3 fully saturated rings. The van der Waals surface area contributed by atoms with Crippen molar-refractivity contribution in [3.63, 3.8) is 0 Å². The van der Waals surface area contributed by atoms with Gasteiger partial charge in [-0.1, -0.05) is 25.0 Å². The number of methoxy groups -OCH3 is 1. The van der Waals surface area contributed by atoms with Crippen LogP contribution in [0.5, 0.6) is 5.75 Å². The van der Waals surface area contributed by atoms with Crippen molar-refractivity contribution in [2.24, 2.45) is 0 Å². The Labute approximate surface area is 174 Å². The van der Waals surface area contributed by atoms with Crippen molar-refractivity contribution in [2.45, 2.75) is 63.1 Å². The summed E-state index contributed by atoms with van der Waals surface area (Å²) >= 11 is 0. The van der Waals surface area contributed by atoms with Crippen molar-refractivity contribution in [1.29, 1.82) is 0 Å². The van der Waals surface area contributed by atoms with Crippen LogP contribution in [0.15, 0.2) is 24.3 Å². The summed E-state index contributed by atoms with van der Waals surface area (Å²) in [6.07, 6.45) is 6.98. The van der Waals surface area contributed by atoms with E-state index in [1.54, 1.807) is 7.11 Å². The lowest BCUT2D eigenvalue weighted by Gasteiger charge is -2.36. The SMILES string of the molecule is COc1ccc([C@@H]2CCCN2CC(=O)N(C2CCCC2)[C@@H]2CCS(=O)(=O)C2)cc1. The van der Waals surface area contributed by atoms with Gasteiger partial charge in [-0.25, -0.2) is 8.42 Å². The van der Waals surface area contributed by atoms with Crippen LogP contribution in [0.3, 0.4) is 0 Å². The van der Waals surface area contributed by atoms with Crippen molar-refractivity contribution in [3.8, 4) is 5.75 Å². The first kappa shape index (κ1) is 20.7. The van der Waals surface area contributed by atoms with E-state index in [0.717, 1.165) is 50.8 Å². The van der Waals surface area contributed by atoms with Crippen LogP contribution in [0.25, 0.3) is 0 Å². The van der Waals surface area contributed by atoms with Crippen LogP contribution >= 0.6 is 0 Å². The zero-order valence-corrected chi connectivity index (χ0v) is 18.1. The quantitative estimate of drug-likeness (QED) is 0.708. The fraction of sp³-hybridized carbons (Fsp3) is 0.682. The predicted molar refractivity (Wildman–Crippen MR) is 113 cm³/mol. The highest BCUT2D eigenvalue weighted by molar-refractivity contribution is 7.91.